The molecule has 0 amide bonds. The molecule has 0 atom stereocenters. The molecule has 2 aliphatic heterocycles. The molecular formula is C26H18O4. The smallest absolute Gasteiger partial charge is 0.150 e. The standard InChI is InChI=1S/C26H18O4/c1-5-13-21-17(9-1)25(18-10-2-6-14-22(18)27-21)29-30-26-19-11-3-7-15-23(19)28-24-16-8-4-12-20(24)26/h1-16,25-26H. The van der Waals surface area contributed by atoms with Crippen LogP contribution in [-0.2, 0) is 9.78 Å². The summed E-state index contributed by atoms with van der Waals surface area (Å²) in [5.41, 5.74) is 3.74. The van der Waals surface area contributed by atoms with E-state index in [-0.39, 0.29) is 0 Å². The lowest BCUT2D eigenvalue weighted by molar-refractivity contribution is -0.342. The molecule has 0 saturated heterocycles. The van der Waals surface area contributed by atoms with Gasteiger partial charge in [-0.2, -0.15) is 0 Å². The fraction of sp³-hybridized carbons (Fsp3) is 0.0769. The predicted octanol–water partition coefficient (Wildman–Crippen LogP) is 6.73. The average molecular weight is 394 g/mol. The highest BCUT2D eigenvalue weighted by Crippen LogP contribution is 2.48. The molecule has 0 N–H and O–H groups in total. The van der Waals surface area contributed by atoms with Gasteiger partial charge in [-0.15, -0.1) is 0 Å². The van der Waals surface area contributed by atoms with Crippen molar-refractivity contribution in [2.24, 2.45) is 0 Å². The highest BCUT2D eigenvalue weighted by molar-refractivity contribution is 5.53. The summed E-state index contributed by atoms with van der Waals surface area (Å²) in [5.74, 6) is 3.10. The zero-order valence-corrected chi connectivity index (χ0v) is 16.0. The number of rotatable bonds is 3. The van der Waals surface area contributed by atoms with Crippen LogP contribution in [0.5, 0.6) is 23.0 Å². The molecule has 0 unspecified atom stereocenters. The summed E-state index contributed by atoms with van der Waals surface area (Å²) in [7, 11) is 0. The first-order chi connectivity index (χ1) is 14.9. The molecule has 6 rings (SSSR count). The van der Waals surface area contributed by atoms with Crippen LogP contribution in [0, 0.1) is 0 Å². The van der Waals surface area contributed by atoms with Gasteiger partial charge in [-0.3, -0.25) is 0 Å². The first kappa shape index (κ1) is 17.3. The SMILES string of the molecule is c1ccc2c(c1)Oc1ccccc1C2OOC1c2ccccc2Oc2ccccc21. The maximum Gasteiger partial charge on any atom is 0.150 e. The topological polar surface area (TPSA) is 36.9 Å². The van der Waals surface area contributed by atoms with Crippen molar-refractivity contribution >= 4 is 0 Å². The maximum absolute atomic E-state index is 6.15. The van der Waals surface area contributed by atoms with Gasteiger partial charge in [0.2, 0.25) is 0 Å². The molecule has 0 fully saturated rings. The van der Waals surface area contributed by atoms with Crippen molar-refractivity contribution in [2.45, 2.75) is 12.2 Å². The molecule has 0 saturated carbocycles. The Balaban J connectivity index is 1.39. The number of ether oxygens (including phenoxy) is 2. The van der Waals surface area contributed by atoms with Crippen LogP contribution in [0.25, 0.3) is 0 Å². The molecule has 0 aliphatic carbocycles. The van der Waals surface area contributed by atoms with Crippen molar-refractivity contribution in [3.8, 4) is 23.0 Å². The Morgan fingerprint density at radius 2 is 0.667 bits per heavy atom. The second kappa shape index (κ2) is 7.02. The van der Waals surface area contributed by atoms with Gasteiger partial charge in [0.25, 0.3) is 0 Å². The largest absolute Gasteiger partial charge is 0.457 e. The van der Waals surface area contributed by atoms with E-state index >= 15 is 0 Å². The van der Waals surface area contributed by atoms with Crippen molar-refractivity contribution in [1.82, 2.24) is 0 Å². The Labute approximate surface area is 174 Å². The third-order valence-corrected chi connectivity index (χ3v) is 5.49. The number of fused-ring (bicyclic) bond motifs is 4. The lowest BCUT2D eigenvalue weighted by Gasteiger charge is -2.31. The van der Waals surface area contributed by atoms with E-state index in [1.807, 2.05) is 97.1 Å². The van der Waals surface area contributed by atoms with E-state index < -0.39 is 12.2 Å². The number of hydrogen-bond acceptors (Lipinski definition) is 4. The zero-order chi connectivity index (χ0) is 19.9. The van der Waals surface area contributed by atoms with Crippen LogP contribution < -0.4 is 9.47 Å². The summed E-state index contributed by atoms with van der Waals surface area (Å²) in [6.45, 7) is 0. The summed E-state index contributed by atoms with van der Waals surface area (Å²) in [5, 5.41) is 0. The fourth-order valence-electron chi connectivity index (χ4n) is 4.05. The Hall–Kier alpha value is -3.60. The third kappa shape index (κ3) is 2.77. The fourth-order valence-corrected chi connectivity index (χ4v) is 4.05. The second-order valence-corrected chi connectivity index (χ2v) is 7.31. The highest BCUT2D eigenvalue weighted by atomic mass is 17.2. The Bertz CT molecular complexity index is 1040. The van der Waals surface area contributed by atoms with Gasteiger partial charge < -0.3 is 9.47 Å². The summed E-state index contributed by atoms with van der Waals surface area (Å²) < 4.78 is 12.1. The Kier molecular flexibility index (Phi) is 4.04. The minimum atomic E-state index is -0.395. The Morgan fingerprint density at radius 3 is 0.967 bits per heavy atom. The van der Waals surface area contributed by atoms with Crippen molar-refractivity contribution in [2.75, 3.05) is 0 Å². The quantitative estimate of drug-likeness (QED) is 0.285. The molecule has 2 aliphatic rings. The third-order valence-electron chi connectivity index (χ3n) is 5.49. The van der Waals surface area contributed by atoms with Gasteiger partial charge in [0.1, 0.15) is 23.0 Å². The molecule has 0 aromatic heterocycles. The molecule has 0 spiro atoms. The van der Waals surface area contributed by atoms with Crippen LogP contribution in [0.1, 0.15) is 34.5 Å². The minimum absolute atomic E-state index is 0.395. The minimum Gasteiger partial charge on any atom is -0.457 e. The van der Waals surface area contributed by atoms with Crippen LogP contribution in [0.2, 0.25) is 0 Å². The van der Waals surface area contributed by atoms with E-state index in [9.17, 15) is 0 Å². The van der Waals surface area contributed by atoms with Gasteiger partial charge in [-0.25, -0.2) is 9.78 Å². The lowest BCUT2D eigenvalue weighted by Crippen LogP contribution is -2.18. The van der Waals surface area contributed by atoms with E-state index in [1.54, 1.807) is 0 Å². The van der Waals surface area contributed by atoms with Gasteiger partial charge >= 0.3 is 0 Å². The van der Waals surface area contributed by atoms with Crippen molar-refractivity contribution in [3.63, 3.8) is 0 Å². The van der Waals surface area contributed by atoms with Crippen LogP contribution in [-0.4, -0.2) is 0 Å². The number of hydrogen-bond donors (Lipinski definition) is 0. The summed E-state index contributed by atoms with van der Waals surface area (Å²) in [4.78, 5) is 12.3. The molecule has 4 aromatic carbocycles. The molecule has 30 heavy (non-hydrogen) atoms. The molecule has 2 heterocycles. The van der Waals surface area contributed by atoms with E-state index in [1.165, 1.54) is 0 Å². The number of benzene rings is 4. The van der Waals surface area contributed by atoms with Crippen LogP contribution in [0.15, 0.2) is 97.1 Å². The predicted molar refractivity (Wildman–Crippen MR) is 112 cm³/mol. The zero-order valence-electron chi connectivity index (χ0n) is 16.0. The van der Waals surface area contributed by atoms with Crippen LogP contribution in [0.4, 0.5) is 0 Å². The molecule has 4 heteroatoms. The van der Waals surface area contributed by atoms with Gasteiger partial charge in [0.05, 0.1) is 0 Å². The normalized spacial score (nSPS) is 14.5. The molecule has 4 nitrogen and oxygen atoms in total. The average Bonchev–Trinajstić information content (AvgIpc) is 2.81. The van der Waals surface area contributed by atoms with E-state index in [0.29, 0.717) is 0 Å². The molecule has 0 bridgehead atoms. The molecule has 4 aromatic rings. The summed E-state index contributed by atoms with van der Waals surface area (Å²) in [6.07, 6.45) is -0.790. The van der Waals surface area contributed by atoms with E-state index in [4.69, 9.17) is 19.2 Å². The number of para-hydroxylation sites is 4. The van der Waals surface area contributed by atoms with Crippen molar-refractivity contribution in [3.05, 3.63) is 119 Å². The maximum atomic E-state index is 6.15. The first-order valence-electron chi connectivity index (χ1n) is 9.92. The molecular weight excluding hydrogens is 376 g/mol. The van der Waals surface area contributed by atoms with Gasteiger partial charge in [0.15, 0.2) is 12.2 Å². The Morgan fingerprint density at radius 1 is 0.400 bits per heavy atom. The van der Waals surface area contributed by atoms with Crippen molar-refractivity contribution < 1.29 is 19.2 Å². The van der Waals surface area contributed by atoms with E-state index in [0.717, 1.165) is 45.3 Å². The summed E-state index contributed by atoms with van der Waals surface area (Å²) >= 11 is 0. The molecule has 146 valence electrons. The summed E-state index contributed by atoms with van der Waals surface area (Å²) in [6, 6.07) is 31.5. The van der Waals surface area contributed by atoms with Gasteiger partial charge in [0, 0.05) is 22.3 Å². The van der Waals surface area contributed by atoms with E-state index in [2.05, 4.69) is 0 Å². The highest BCUT2D eigenvalue weighted by Gasteiger charge is 2.33. The van der Waals surface area contributed by atoms with Gasteiger partial charge in [-0.1, -0.05) is 72.8 Å². The first-order valence-corrected chi connectivity index (χ1v) is 9.92. The second-order valence-electron chi connectivity index (χ2n) is 7.31. The van der Waals surface area contributed by atoms with Crippen LogP contribution >= 0.6 is 0 Å². The monoisotopic (exact) mass is 394 g/mol. The lowest BCUT2D eigenvalue weighted by atomic mass is 9.97. The van der Waals surface area contributed by atoms with Gasteiger partial charge in [-0.05, 0) is 24.3 Å². The van der Waals surface area contributed by atoms with Crippen molar-refractivity contribution in [1.29, 1.82) is 0 Å². The molecule has 0 radical (unpaired) electrons. The van der Waals surface area contributed by atoms with Crippen LogP contribution in [0.3, 0.4) is 0 Å².